The topological polar surface area (TPSA) is 18.5 Å². The Morgan fingerprint density at radius 1 is 1.12 bits per heavy atom. The number of nitrogens with zero attached hydrogens (tertiary/aromatic N) is 2. The SMILES string of the molecule is CCCC(C)(C)NCCN1CCN(C)CC1. The zero-order chi connectivity index (χ0) is 12.0. The summed E-state index contributed by atoms with van der Waals surface area (Å²) in [6, 6.07) is 0. The van der Waals surface area contributed by atoms with Gasteiger partial charge in [-0.1, -0.05) is 13.3 Å². The molecular formula is C13H29N3. The predicted molar refractivity (Wildman–Crippen MR) is 70.9 cm³/mol. The number of likely N-dealkylation sites (N-methyl/N-ethyl adjacent to an activating group) is 1. The van der Waals surface area contributed by atoms with Crippen molar-refractivity contribution in [3.05, 3.63) is 0 Å². The average Bonchev–Trinajstić information content (AvgIpc) is 2.20. The molecule has 0 aromatic heterocycles. The van der Waals surface area contributed by atoms with E-state index in [0.29, 0.717) is 5.54 Å². The molecule has 0 saturated carbocycles. The van der Waals surface area contributed by atoms with Gasteiger partial charge in [0.1, 0.15) is 0 Å². The lowest BCUT2D eigenvalue weighted by molar-refractivity contribution is 0.151. The van der Waals surface area contributed by atoms with E-state index in [1.165, 1.54) is 45.6 Å². The summed E-state index contributed by atoms with van der Waals surface area (Å²) in [6.45, 7) is 14.1. The summed E-state index contributed by atoms with van der Waals surface area (Å²) in [5.74, 6) is 0. The van der Waals surface area contributed by atoms with Crippen LogP contribution in [-0.2, 0) is 0 Å². The van der Waals surface area contributed by atoms with Gasteiger partial charge in [-0.25, -0.2) is 0 Å². The first kappa shape index (κ1) is 13.9. The molecule has 16 heavy (non-hydrogen) atoms. The summed E-state index contributed by atoms with van der Waals surface area (Å²) in [5.41, 5.74) is 0.307. The smallest absolute Gasteiger partial charge is 0.0125 e. The molecular weight excluding hydrogens is 198 g/mol. The minimum Gasteiger partial charge on any atom is -0.311 e. The fraction of sp³-hybridized carbons (Fsp3) is 1.00. The molecule has 1 N–H and O–H groups in total. The highest BCUT2D eigenvalue weighted by molar-refractivity contribution is 4.78. The highest BCUT2D eigenvalue weighted by atomic mass is 15.2. The summed E-state index contributed by atoms with van der Waals surface area (Å²) >= 11 is 0. The van der Waals surface area contributed by atoms with Gasteiger partial charge in [0.2, 0.25) is 0 Å². The van der Waals surface area contributed by atoms with E-state index < -0.39 is 0 Å². The molecule has 0 unspecified atom stereocenters. The second-order valence-electron chi connectivity index (χ2n) is 5.71. The molecule has 0 bridgehead atoms. The lowest BCUT2D eigenvalue weighted by Crippen LogP contribution is -2.49. The molecule has 1 aliphatic heterocycles. The zero-order valence-electron chi connectivity index (χ0n) is 11.6. The van der Waals surface area contributed by atoms with Gasteiger partial charge < -0.3 is 10.2 Å². The second-order valence-corrected chi connectivity index (χ2v) is 5.71. The average molecular weight is 227 g/mol. The van der Waals surface area contributed by atoms with E-state index in [4.69, 9.17) is 0 Å². The monoisotopic (exact) mass is 227 g/mol. The largest absolute Gasteiger partial charge is 0.311 e. The normalized spacial score (nSPS) is 20.2. The zero-order valence-corrected chi connectivity index (χ0v) is 11.6. The van der Waals surface area contributed by atoms with Gasteiger partial charge in [0.05, 0.1) is 0 Å². The lowest BCUT2D eigenvalue weighted by Gasteiger charge is -2.33. The van der Waals surface area contributed by atoms with E-state index in [1.54, 1.807) is 0 Å². The number of rotatable bonds is 6. The first-order valence-corrected chi connectivity index (χ1v) is 6.69. The molecule has 1 aliphatic rings. The van der Waals surface area contributed by atoms with Crippen molar-refractivity contribution < 1.29 is 0 Å². The van der Waals surface area contributed by atoms with Gasteiger partial charge in [0, 0.05) is 44.8 Å². The summed E-state index contributed by atoms with van der Waals surface area (Å²) in [6.07, 6.45) is 2.52. The number of hydrogen-bond acceptors (Lipinski definition) is 3. The molecule has 96 valence electrons. The van der Waals surface area contributed by atoms with Crippen LogP contribution in [0.2, 0.25) is 0 Å². The van der Waals surface area contributed by atoms with Gasteiger partial charge in [0.15, 0.2) is 0 Å². The fourth-order valence-electron chi connectivity index (χ4n) is 2.34. The third-order valence-corrected chi connectivity index (χ3v) is 3.50. The van der Waals surface area contributed by atoms with Crippen LogP contribution in [0.4, 0.5) is 0 Å². The summed E-state index contributed by atoms with van der Waals surface area (Å²) < 4.78 is 0. The standard InChI is InChI=1S/C13H29N3/c1-5-6-13(2,3)14-7-8-16-11-9-15(4)10-12-16/h14H,5-12H2,1-4H3. The number of hydrogen-bond donors (Lipinski definition) is 1. The van der Waals surface area contributed by atoms with Crippen molar-refractivity contribution in [2.75, 3.05) is 46.3 Å². The van der Waals surface area contributed by atoms with Gasteiger partial charge in [-0.15, -0.1) is 0 Å². The first-order valence-electron chi connectivity index (χ1n) is 6.69. The summed E-state index contributed by atoms with van der Waals surface area (Å²) in [5, 5.41) is 3.66. The van der Waals surface area contributed by atoms with E-state index in [9.17, 15) is 0 Å². The fourth-order valence-corrected chi connectivity index (χ4v) is 2.34. The van der Waals surface area contributed by atoms with Gasteiger partial charge >= 0.3 is 0 Å². The third-order valence-electron chi connectivity index (χ3n) is 3.50. The van der Waals surface area contributed by atoms with Crippen molar-refractivity contribution in [2.45, 2.75) is 39.2 Å². The predicted octanol–water partition coefficient (Wildman–Crippen LogP) is 1.40. The molecule has 0 amide bonds. The maximum atomic E-state index is 3.66. The van der Waals surface area contributed by atoms with Crippen LogP contribution in [0.5, 0.6) is 0 Å². The molecule has 0 atom stereocenters. The maximum Gasteiger partial charge on any atom is 0.0125 e. The van der Waals surface area contributed by atoms with E-state index in [1.807, 2.05) is 0 Å². The highest BCUT2D eigenvalue weighted by Gasteiger charge is 2.17. The minimum atomic E-state index is 0.307. The second kappa shape index (κ2) is 6.58. The molecule has 0 spiro atoms. The van der Waals surface area contributed by atoms with Crippen LogP contribution in [0.25, 0.3) is 0 Å². The molecule has 0 aromatic carbocycles. The van der Waals surface area contributed by atoms with Crippen LogP contribution < -0.4 is 5.32 Å². The Morgan fingerprint density at radius 2 is 1.75 bits per heavy atom. The Kier molecular flexibility index (Phi) is 5.73. The summed E-state index contributed by atoms with van der Waals surface area (Å²) in [7, 11) is 2.21. The molecule has 0 aliphatic carbocycles. The Balaban J connectivity index is 2.11. The molecule has 0 radical (unpaired) electrons. The minimum absolute atomic E-state index is 0.307. The van der Waals surface area contributed by atoms with Crippen LogP contribution in [0, 0.1) is 0 Å². The quantitative estimate of drug-likeness (QED) is 0.740. The van der Waals surface area contributed by atoms with E-state index in [0.717, 1.165) is 6.54 Å². The Labute approximate surface area is 101 Å². The van der Waals surface area contributed by atoms with Crippen molar-refractivity contribution in [1.29, 1.82) is 0 Å². The lowest BCUT2D eigenvalue weighted by atomic mass is 9.99. The van der Waals surface area contributed by atoms with Crippen LogP contribution >= 0.6 is 0 Å². The number of nitrogens with one attached hydrogen (secondary N) is 1. The Morgan fingerprint density at radius 3 is 2.31 bits per heavy atom. The van der Waals surface area contributed by atoms with Crippen LogP contribution in [0.3, 0.4) is 0 Å². The van der Waals surface area contributed by atoms with E-state index in [-0.39, 0.29) is 0 Å². The van der Waals surface area contributed by atoms with Crippen molar-refractivity contribution in [3.8, 4) is 0 Å². The molecule has 1 saturated heterocycles. The Bertz CT molecular complexity index is 184. The molecule has 3 nitrogen and oxygen atoms in total. The molecule has 1 heterocycles. The van der Waals surface area contributed by atoms with Crippen molar-refractivity contribution >= 4 is 0 Å². The maximum absolute atomic E-state index is 3.66. The van der Waals surface area contributed by atoms with Gasteiger partial charge in [-0.2, -0.15) is 0 Å². The van der Waals surface area contributed by atoms with E-state index >= 15 is 0 Å². The highest BCUT2D eigenvalue weighted by Crippen LogP contribution is 2.10. The van der Waals surface area contributed by atoms with Gasteiger partial charge in [-0.05, 0) is 27.3 Å². The molecule has 3 heteroatoms. The molecule has 0 aromatic rings. The van der Waals surface area contributed by atoms with Crippen molar-refractivity contribution in [3.63, 3.8) is 0 Å². The van der Waals surface area contributed by atoms with Gasteiger partial charge in [-0.3, -0.25) is 4.90 Å². The first-order chi connectivity index (χ1) is 7.53. The van der Waals surface area contributed by atoms with Crippen molar-refractivity contribution in [2.24, 2.45) is 0 Å². The van der Waals surface area contributed by atoms with Gasteiger partial charge in [0.25, 0.3) is 0 Å². The van der Waals surface area contributed by atoms with Crippen LogP contribution in [0.1, 0.15) is 33.6 Å². The molecule has 1 rings (SSSR count). The Hall–Kier alpha value is -0.120. The third kappa shape index (κ3) is 5.28. The van der Waals surface area contributed by atoms with E-state index in [2.05, 4.69) is 42.9 Å². The van der Waals surface area contributed by atoms with Crippen LogP contribution in [0.15, 0.2) is 0 Å². The molecule has 1 fully saturated rings. The van der Waals surface area contributed by atoms with Crippen LogP contribution in [-0.4, -0.2) is 61.7 Å². The van der Waals surface area contributed by atoms with Crippen molar-refractivity contribution in [1.82, 2.24) is 15.1 Å². The number of piperazine rings is 1. The summed E-state index contributed by atoms with van der Waals surface area (Å²) in [4.78, 5) is 4.97.